The second kappa shape index (κ2) is 11.4. The summed E-state index contributed by atoms with van der Waals surface area (Å²) in [5.74, 6) is -0.811. The van der Waals surface area contributed by atoms with Crippen LogP contribution in [-0.4, -0.2) is 35.9 Å². The van der Waals surface area contributed by atoms with E-state index in [1.165, 1.54) is 25.1 Å². The molecule has 0 saturated heterocycles. The number of benzene rings is 1. The number of carbonyl (C=O) groups is 2. The van der Waals surface area contributed by atoms with Gasteiger partial charge >= 0.3 is 12.1 Å². The predicted octanol–water partition coefficient (Wildman–Crippen LogP) is 5.51. The van der Waals surface area contributed by atoms with E-state index in [0.717, 1.165) is 12.8 Å². The van der Waals surface area contributed by atoms with E-state index in [0.29, 0.717) is 0 Å². The van der Waals surface area contributed by atoms with Crippen molar-refractivity contribution >= 4 is 23.7 Å². The van der Waals surface area contributed by atoms with E-state index < -0.39 is 41.7 Å². The monoisotopic (exact) mass is 445 g/mol. The maximum absolute atomic E-state index is 13.7. The van der Waals surface area contributed by atoms with E-state index in [1.54, 1.807) is 27.7 Å². The minimum absolute atomic E-state index is 0.0592. The van der Waals surface area contributed by atoms with Gasteiger partial charge < -0.3 is 19.5 Å². The number of halogens is 2. The van der Waals surface area contributed by atoms with E-state index in [-0.39, 0.29) is 16.7 Å². The molecule has 1 N–H and O–H groups in total. The topological polar surface area (TPSA) is 73.9 Å². The fourth-order valence-corrected chi connectivity index (χ4v) is 3.19. The van der Waals surface area contributed by atoms with E-state index in [4.69, 9.17) is 25.8 Å². The molecule has 1 amide bonds. The van der Waals surface area contributed by atoms with Crippen molar-refractivity contribution in [3.63, 3.8) is 0 Å². The summed E-state index contributed by atoms with van der Waals surface area (Å²) in [6.07, 6.45) is -0.319. The van der Waals surface area contributed by atoms with Crippen LogP contribution in [0.1, 0.15) is 61.3 Å². The first-order chi connectivity index (χ1) is 13.9. The number of esters is 1. The van der Waals surface area contributed by atoms with Crippen molar-refractivity contribution < 1.29 is 28.2 Å². The highest BCUT2D eigenvalue weighted by Gasteiger charge is 2.31. The minimum Gasteiger partial charge on any atom is -0.486 e. The first-order valence-corrected chi connectivity index (χ1v) is 10.6. The van der Waals surface area contributed by atoms with E-state index >= 15 is 0 Å². The van der Waals surface area contributed by atoms with E-state index in [9.17, 15) is 14.0 Å². The lowest BCUT2D eigenvalue weighted by Gasteiger charge is -2.31. The summed E-state index contributed by atoms with van der Waals surface area (Å²) >= 11 is 5.92. The summed E-state index contributed by atoms with van der Waals surface area (Å²) in [7, 11) is 0. The molecule has 8 heteroatoms. The smallest absolute Gasteiger partial charge is 0.408 e. The third kappa shape index (κ3) is 8.78. The Morgan fingerprint density at radius 2 is 1.73 bits per heavy atom. The Balaban J connectivity index is 2.87. The van der Waals surface area contributed by atoms with Crippen LogP contribution in [0.2, 0.25) is 5.02 Å². The quantitative estimate of drug-likeness (QED) is 0.507. The van der Waals surface area contributed by atoms with Crippen LogP contribution in [0.5, 0.6) is 5.75 Å². The van der Waals surface area contributed by atoms with Gasteiger partial charge in [-0.25, -0.2) is 14.0 Å². The SMILES string of the molecule is CCC(CC)[C@H](Oc1cc(F)cc(Cl)c1)[C@H](C)OC(=O)[C@H](C)NC(=O)OC(C)(C)C. The van der Waals surface area contributed by atoms with Crippen LogP contribution in [0.25, 0.3) is 0 Å². The summed E-state index contributed by atoms with van der Waals surface area (Å²) in [5.41, 5.74) is -0.679. The van der Waals surface area contributed by atoms with Crippen molar-refractivity contribution in [2.75, 3.05) is 0 Å². The highest BCUT2D eigenvalue weighted by molar-refractivity contribution is 6.30. The van der Waals surface area contributed by atoms with Crippen molar-refractivity contribution in [2.45, 2.75) is 85.2 Å². The molecule has 0 unspecified atom stereocenters. The molecule has 0 aromatic heterocycles. The second-order valence-corrected chi connectivity index (χ2v) is 8.71. The molecule has 0 saturated carbocycles. The molecule has 0 spiro atoms. The van der Waals surface area contributed by atoms with Crippen LogP contribution in [0, 0.1) is 11.7 Å². The third-order valence-corrected chi connectivity index (χ3v) is 4.69. The average molecular weight is 446 g/mol. The van der Waals surface area contributed by atoms with Crippen LogP contribution < -0.4 is 10.1 Å². The summed E-state index contributed by atoms with van der Waals surface area (Å²) in [5, 5.41) is 2.67. The summed E-state index contributed by atoms with van der Waals surface area (Å²) < 4.78 is 30.4. The molecule has 3 atom stereocenters. The van der Waals surface area contributed by atoms with Gasteiger partial charge in [0.15, 0.2) is 0 Å². The van der Waals surface area contributed by atoms with Gasteiger partial charge in [0.2, 0.25) is 0 Å². The molecular formula is C22H33ClFNO5. The molecule has 0 fully saturated rings. The first-order valence-electron chi connectivity index (χ1n) is 10.2. The number of hydrogen-bond acceptors (Lipinski definition) is 5. The highest BCUT2D eigenvalue weighted by atomic mass is 35.5. The summed E-state index contributed by atoms with van der Waals surface area (Å²) in [4.78, 5) is 24.4. The van der Waals surface area contributed by atoms with Crippen molar-refractivity contribution in [3.05, 3.63) is 29.0 Å². The summed E-state index contributed by atoms with van der Waals surface area (Å²) in [6, 6.07) is 3.03. The van der Waals surface area contributed by atoms with Gasteiger partial charge in [0.25, 0.3) is 0 Å². The van der Waals surface area contributed by atoms with E-state index in [2.05, 4.69) is 5.32 Å². The molecule has 170 valence electrons. The van der Waals surface area contributed by atoms with Gasteiger partial charge in [-0.1, -0.05) is 25.4 Å². The molecule has 6 nitrogen and oxygen atoms in total. The maximum Gasteiger partial charge on any atom is 0.408 e. The third-order valence-electron chi connectivity index (χ3n) is 4.47. The molecule has 0 radical (unpaired) electrons. The molecule has 1 aromatic rings. The fraction of sp³-hybridized carbons (Fsp3) is 0.636. The Labute approximate surface area is 183 Å². The molecule has 0 aliphatic carbocycles. The number of nitrogens with one attached hydrogen (secondary N) is 1. The number of hydrogen-bond donors (Lipinski definition) is 1. The average Bonchev–Trinajstić information content (AvgIpc) is 2.59. The number of carbonyl (C=O) groups excluding carboxylic acids is 2. The lowest BCUT2D eigenvalue weighted by molar-refractivity contribution is -0.156. The molecule has 0 aliphatic heterocycles. The number of rotatable bonds is 9. The highest BCUT2D eigenvalue weighted by Crippen LogP contribution is 2.27. The first kappa shape index (κ1) is 26.0. The lowest BCUT2D eigenvalue weighted by Crippen LogP contribution is -2.46. The number of alkyl carbamates (subject to hydrolysis) is 1. The normalized spacial score (nSPS) is 14.6. The molecule has 1 aromatic carbocycles. The van der Waals surface area contributed by atoms with Gasteiger partial charge in [0.05, 0.1) is 0 Å². The largest absolute Gasteiger partial charge is 0.486 e. The zero-order chi connectivity index (χ0) is 23.1. The van der Waals surface area contributed by atoms with Crippen molar-refractivity contribution in [1.82, 2.24) is 5.32 Å². The molecular weight excluding hydrogens is 413 g/mol. The maximum atomic E-state index is 13.7. The van der Waals surface area contributed by atoms with Crippen molar-refractivity contribution in [1.29, 1.82) is 0 Å². The Kier molecular flexibility index (Phi) is 9.88. The van der Waals surface area contributed by atoms with Crippen LogP contribution in [0.3, 0.4) is 0 Å². The molecule has 1 rings (SSSR count). The van der Waals surface area contributed by atoms with Crippen LogP contribution >= 0.6 is 11.6 Å². The Morgan fingerprint density at radius 3 is 2.23 bits per heavy atom. The van der Waals surface area contributed by atoms with Crippen LogP contribution in [-0.2, 0) is 14.3 Å². The Bertz CT molecular complexity index is 698. The van der Waals surface area contributed by atoms with Crippen molar-refractivity contribution in [2.24, 2.45) is 5.92 Å². The molecule has 0 aliphatic rings. The molecule has 0 heterocycles. The van der Waals surface area contributed by atoms with Gasteiger partial charge in [0, 0.05) is 11.1 Å². The van der Waals surface area contributed by atoms with E-state index in [1.807, 2.05) is 13.8 Å². The predicted molar refractivity (Wildman–Crippen MR) is 114 cm³/mol. The Hall–Kier alpha value is -2.02. The standard InChI is InChI=1S/C22H33ClFNO5/c1-8-15(9-2)19(29-18-11-16(23)10-17(24)12-18)14(4)28-20(26)13(3)25-21(27)30-22(5,6)7/h10-15,19H,8-9H2,1-7H3,(H,25,27)/t13-,14-,19+/m0/s1. The van der Waals surface area contributed by atoms with Gasteiger partial charge in [-0.2, -0.15) is 0 Å². The Morgan fingerprint density at radius 1 is 1.13 bits per heavy atom. The fourth-order valence-electron chi connectivity index (χ4n) is 2.98. The van der Waals surface area contributed by atoms with Gasteiger partial charge in [-0.15, -0.1) is 0 Å². The zero-order valence-corrected chi connectivity index (χ0v) is 19.5. The second-order valence-electron chi connectivity index (χ2n) is 8.27. The van der Waals surface area contributed by atoms with Crippen LogP contribution in [0.4, 0.5) is 9.18 Å². The number of amides is 1. The van der Waals surface area contributed by atoms with Gasteiger partial charge in [-0.05, 0) is 65.5 Å². The lowest BCUT2D eigenvalue weighted by atomic mass is 9.93. The van der Waals surface area contributed by atoms with Gasteiger partial charge in [0.1, 0.15) is 35.4 Å². The number of ether oxygens (including phenoxy) is 3. The van der Waals surface area contributed by atoms with Crippen LogP contribution in [0.15, 0.2) is 18.2 Å². The molecule has 30 heavy (non-hydrogen) atoms. The summed E-state index contributed by atoms with van der Waals surface area (Å²) in [6.45, 7) is 12.4. The van der Waals surface area contributed by atoms with Gasteiger partial charge in [-0.3, -0.25) is 0 Å². The zero-order valence-electron chi connectivity index (χ0n) is 18.8. The molecule has 0 bridgehead atoms. The van der Waals surface area contributed by atoms with Crippen molar-refractivity contribution in [3.8, 4) is 5.75 Å². The minimum atomic E-state index is -0.909.